The highest BCUT2D eigenvalue weighted by molar-refractivity contribution is 7.91. The van der Waals surface area contributed by atoms with E-state index in [-0.39, 0.29) is 0 Å². The number of nitrogens with one attached hydrogen (secondary N) is 2. The Labute approximate surface area is 120 Å². The van der Waals surface area contributed by atoms with Gasteiger partial charge in [-0.2, -0.15) is 0 Å². The molecular formula is C13H24N2O2S2. The molecule has 110 valence electrons. The highest BCUT2D eigenvalue weighted by atomic mass is 32.2. The van der Waals surface area contributed by atoms with Crippen molar-refractivity contribution in [1.29, 1.82) is 0 Å². The molecule has 1 heterocycles. The van der Waals surface area contributed by atoms with Crippen LogP contribution in [0.3, 0.4) is 0 Å². The molecule has 0 radical (unpaired) electrons. The number of hydrogen-bond acceptors (Lipinski definition) is 4. The van der Waals surface area contributed by atoms with Gasteiger partial charge in [0.05, 0.1) is 0 Å². The predicted molar refractivity (Wildman–Crippen MR) is 81.3 cm³/mol. The van der Waals surface area contributed by atoms with Crippen molar-refractivity contribution in [3.63, 3.8) is 0 Å². The zero-order chi connectivity index (χ0) is 14.5. The van der Waals surface area contributed by atoms with E-state index in [1.54, 1.807) is 6.07 Å². The van der Waals surface area contributed by atoms with Crippen LogP contribution in [0.2, 0.25) is 0 Å². The molecule has 0 unspecified atom stereocenters. The van der Waals surface area contributed by atoms with Gasteiger partial charge in [-0.3, -0.25) is 0 Å². The molecular weight excluding hydrogens is 280 g/mol. The van der Waals surface area contributed by atoms with Crippen LogP contribution in [0.25, 0.3) is 0 Å². The van der Waals surface area contributed by atoms with Crippen LogP contribution in [0.4, 0.5) is 0 Å². The van der Waals surface area contributed by atoms with Gasteiger partial charge in [0.15, 0.2) is 0 Å². The SMILES string of the molecule is CCNCCc1ccc(S(=O)(=O)NC(C)(C)CC)s1. The van der Waals surface area contributed by atoms with Gasteiger partial charge in [0.2, 0.25) is 0 Å². The van der Waals surface area contributed by atoms with Crippen LogP contribution in [0, 0.1) is 0 Å². The Bertz CT molecular complexity index is 492. The monoisotopic (exact) mass is 304 g/mol. The maximum atomic E-state index is 12.2. The Kier molecular flexibility index (Phi) is 5.98. The lowest BCUT2D eigenvalue weighted by Gasteiger charge is -2.23. The van der Waals surface area contributed by atoms with Crippen LogP contribution >= 0.6 is 11.3 Å². The largest absolute Gasteiger partial charge is 0.317 e. The van der Waals surface area contributed by atoms with Crippen LogP contribution < -0.4 is 10.0 Å². The summed E-state index contributed by atoms with van der Waals surface area (Å²) in [6.45, 7) is 9.63. The van der Waals surface area contributed by atoms with Crippen LogP contribution in [0.15, 0.2) is 16.3 Å². The maximum absolute atomic E-state index is 12.2. The lowest BCUT2D eigenvalue weighted by molar-refractivity contribution is 0.440. The molecule has 6 heteroatoms. The molecule has 1 aromatic heterocycles. The third-order valence-electron chi connectivity index (χ3n) is 2.99. The van der Waals surface area contributed by atoms with Crippen molar-refractivity contribution in [2.75, 3.05) is 13.1 Å². The van der Waals surface area contributed by atoms with E-state index in [1.807, 2.05) is 26.8 Å². The standard InChI is InChI=1S/C13H24N2O2S2/c1-5-13(3,4)15-19(16,17)12-8-7-11(18-12)9-10-14-6-2/h7-8,14-15H,5-6,9-10H2,1-4H3. The molecule has 19 heavy (non-hydrogen) atoms. The van der Waals surface area contributed by atoms with Crippen molar-refractivity contribution >= 4 is 21.4 Å². The highest BCUT2D eigenvalue weighted by Crippen LogP contribution is 2.23. The third kappa shape index (κ3) is 5.22. The van der Waals surface area contributed by atoms with Crippen molar-refractivity contribution in [3.05, 3.63) is 17.0 Å². The molecule has 0 aliphatic rings. The van der Waals surface area contributed by atoms with Gasteiger partial charge in [-0.15, -0.1) is 11.3 Å². The molecule has 1 aromatic rings. The van der Waals surface area contributed by atoms with Crippen molar-refractivity contribution < 1.29 is 8.42 Å². The molecule has 0 aromatic carbocycles. The van der Waals surface area contributed by atoms with Gasteiger partial charge in [-0.1, -0.05) is 13.8 Å². The number of thiophene rings is 1. The molecule has 4 nitrogen and oxygen atoms in total. The molecule has 0 aliphatic carbocycles. The minimum atomic E-state index is -3.39. The van der Waals surface area contributed by atoms with E-state index in [2.05, 4.69) is 17.0 Å². The minimum absolute atomic E-state index is 0.403. The first kappa shape index (κ1) is 16.6. The fraction of sp³-hybridized carbons (Fsp3) is 0.692. The number of rotatable bonds is 8. The fourth-order valence-corrected chi connectivity index (χ4v) is 4.35. The summed E-state index contributed by atoms with van der Waals surface area (Å²) in [5.41, 5.74) is -0.410. The average Bonchev–Trinajstić information content (AvgIpc) is 2.78. The van der Waals surface area contributed by atoms with Crippen molar-refractivity contribution in [2.24, 2.45) is 0 Å². The molecule has 0 atom stereocenters. The molecule has 0 saturated carbocycles. The van der Waals surface area contributed by atoms with Crippen molar-refractivity contribution in [1.82, 2.24) is 10.0 Å². The molecule has 0 saturated heterocycles. The Balaban J connectivity index is 2.74. The first-order valence-electron chi connectivity index (χ1n) is 6.64. The van der Waals surface area contributed by atoms with Gasteiger partial charge in [-0.25, -0.2) is 13.1 Å². The minimum Gasteiger partial charge on any atom is -0.317 e. The van der Waals surface area contributed by atoms with Gasteiger partial charge in [0.25, 0.3) is 10.0 Å². The summed E-state index contributed by atoms with van der Waals surface area (Å²) < 4.78 is 27.6. The van der Waals surface area contributed by atoms with Crippen molar-refractivity contribution in [2.45, 2.75) is 50.3 Å². The summed E-state index contributed by atoms with van der Waals surface area (Å²) in [5, 5.41) is 3.23. The maximum Gasteiger partial charge on any atom is 0.250 e. The van der Waals surface area contributed by atoms with E-state index >= 15 is 0 Å². The lowest BCUT2D eigenvalue weighted by atomic mass is 10.0. The highest BCUT2D eigenvalue weighted by Gasteiger charge is 2.25. The number of sulfonamides is 1. The van der Waals surface area contributed by atoms with E-state index in [0.717, 1.165) is 30.8 Å². The smallest absolute Gasteiger partial charge is 0.250 e. The van der Waals surface area contributed by atoms with E-state index in [9.17, 15) is 8.42 Å². The summed E-state index contributed by atoms with van der Waals surface area (Å²) >= 11 is 1.35. The van der Waals surface area contributed by atoms with E-state index in [0.29, 0.717) is 4.21 Å². The first-order chi connectivity index (χ1) is 8.80. The number of likely N-dealkylation sites (N-methyl/N-ethyl adjacent to an activating group) is 1. The average molecular weight is 304 g/mol. The predicted octanol–water partition coefficient (Wildman–Crippen LogP) is 2.37. The van der Waals surface area contributed by atoms with Gasteiger partial charge >= 0.3 is 0 Å². The van der Waals surface area contributed by atoms with E-state index < -0.39 is 15.6 Å². The Morgan fingerprint density at radius 1 is 1.26 bits per heavy atom. The summed E-state index contributed by atoms with van der Waals surface area (Å²) in [7, 11) is -3.39. The van der Waals surface area contributed by atoms with Crippen LogP contribution in [-0.2, 0) is 16.4 Å². The summed E-state index contributed by atoms with van der Waals surface area (Å²) in [6, 6.07) is 3.59. The summed E-state index contributed by atoms with van der Waals surface area (Å²) in [6.07, 6.45) is 1.62. The molecule has 2 N–H and O–H groups in total. The van der Waals surface area contributed by atoms with Crippen LogP contribution in [0.1, 0.15) is 39.0 Å². The topological polar surface area (TPSA) is 58.2 Å². The molecule has 0 bridgehead atoms. The van der Waals surface area contributed by atoms with Gasteiger partial charge in [0, 0.05) is 10.4 Å². The Morgan fingerprint density at radius 3 is 2.53 bits per heavy atom. The molecule has 0 aliphatic heterocycles. The molecule has 0 amide bonds. The summed E-state index contributed by atoms with van der Waals surface area (Å²) in [4.78, 5) is 1.09. The van der Waals surface area contributed by atoms with Gasteiger partial charge < -0.3 is 5.32 Å². The van der Waals surface area contributed by atoms with E-state index in [1.165, 1.54) is 11.3 Å². The van der Waals surface area contributed by atoms with Crippen LogP contribution in [0.5, 0.6) is 0 Å². The zero-order valence-corrected chi connectivity index (χ0v) is 13.7. The molecule has 1 rings (SSSR count). The second-order valence-electron chi connectivity index (χ2n) is 5.17. The lowest BCUT2D eigenvalue weighted by Crippen LogP contribution is -2.42. The van der Waals surface area contributed by atoms with Crippen LogP contribution in [-0.4, -0.2) is 27.0 Å². The number of hydrogen-bond donors (Lipinski definition) is 2. The Hall–Kier alpha value is -0.430. The fourth-order valence-electron chi connectivity index (χ4n) is 1.51. The van der Waals surface area contributed by atoms with Gasteiger partial charge in [0.1, 0.15) is 4.21 Å². The molecule has 0 fully saturated rings. The summed E-state index contributed by atoms with van der Waals surface area (Å²) in [5.74, 6) is 0. The Morgan fingerprint density at radius 2 is 1.95 bits per heavy atom. The first-order valence-corrected chi connectivity index (χ1v) is 8.94. The van der Waals surface area contributed by atoms with Gasteiger partial charge in [-0.05, 0) is 51.9 Å². The second-order valence-corrected chi connectivity index (χ2v) is 8.24. The second kappa shape index (κ2) is 6.83. The zero-order valence-electron chi connectivity index (χ0n) is 12.1. The normalized spacial score (nSPS) is 12.8. The third-order valence-corrected chi connectivity index (χ3v) is 6.33. The van der Waals surface area contributed by atoms with E-state index in [4.69, 9.17) is 0 Å². The quantitative estimate of drug-likeness (QED) is 0.725. The van der Waals surface area contributed by atoms with Crippen molar-refractivity contribution in [3.8, 4) is 0 Å². The molecule has 0 spiro atoms.